The van der Waals surface area contributed by atoms with E-state index in [1.165, 1.54) is 5.56 Å². The minimum Gasteiger partial charge on any atom is -0.384 e. The smallest absolute Gasteiger partial charge is 0.114 e. The van der Waals surface area contributed by atoms with Gasteiger partial charge in [0.1, 0.15) is 11.3 Å². The van der Waals surface area contributed by atoms with Crippen molar-refractivity contribution in [2.24, 2.45) is 0 Å². The second-order valence-electron chi connectivity index (χ2n) is 6.37. The minimum absolute atomic E-state index is 0.0252. The molecule has 1 aromatic heterocycles. The fourth-order valence-corrected chi connectivity index (χ4v) is 1.97. The summed E-state index contributed by atoms with van der Waals surface area (Å²) in [6, 6.07) is 8.12. The van der Waals surface area contributed by atoms with Crippen LogP contribution >= 0.6 is 0 Å². The molecule has 0 fully saturated rings. The Kier molecular flexibility index (Phi) is 3.22. The van der Waals surface area contributed by atoms with E-state index >= 15 is 0 Å². The van der Waals surface area contributed by atoms with Crippen molar-refractivity contribution in [3.8, 4) is 5.69 Å². The maximum Gasteiger partial charge on any atom is 0.114 e. The van der Waals surface area contributed by atoms with Gasteiger partial charge in [-0.2, -0.15) is 0 Å². The van der Waals surface area contributed by atoms with Crippen molar-refractivity contribution in [2.75, 3.05) is 0 Å². The SMILES string of the molecule is CC(C)(C)c1ccccc1-n1cc(C(C)(C)O)nn1. The van der Waals surface area contributed by atoms with E-state index in [1.807, 2.05) is 18.2 Å². The Morgan fingerprint density at radius 1 is 1.05 bits per heavy atom. The van der Waals surface area contributed by atoms with Crippen LogP contribution in [-0.2, 0) is 11.0 Å². The second-order valence-corrected chi connectivity index (χ2v) is 6.37. The molecular weight excluding hydrogens is 238 g/mol. The Bertz CT molecular complexity index is 574. The van der Waals surface area contributed by atoms with Crippen molar-refractivity contribution < 1.29 is 5.11 Å². The third-order valence-corrected chi connectivity index (χ3v) is 3.08. The summed E-state index contributed by atoms with van der Waals surface area (Å²) in [4.78, 5) is 0. The zero-order valence-electron chi connectivity index (χ0n) is 12.2. The van der Waals surface area contributed by atoms with Gasteiger partial charge >= 0.3 is 0 Å². The summed E-state index contributed by atoms with van der Waals surface area (Å²) in [5.41, 5.74) is 1.81. The topological polar surface area (TPSA) is 50.9 Å². The van der Waals surface area contributed by atoms with Crippen LogP contribution in [0.15, 0.2) is 30.5 Å². The lowest BCUT2D eigenvalue weighted by Crippen LogP contribution is -2.16. The summed E-state index contributed by atoms with van der Waals surface area (Å²) in [6.45, 7) is 9.91. The molecule has 0 amide bonds. The van der Waals surface area contributed by atoms with Crippen LogP contribution in [0.5, 0.6) is 0 Å². The zero-order valence-corrected chi connectivity index (χ0v) is 12.2. The number of aliphatic hydroxyl groups is 1. The molecule has 0 bridgehead atoms. The minimum atomic E-state index is -0.977. The van der Waals surface area contributed by atoms with Crippen molar-refractivity contribution in [3.63, 3.8) is 0 Å². The average Bonchev–Trinajstić information content (AvgIpc) is 2.76. The lowest BCUT2D eigenvalue weighted by molar-refractivity contribution is 0.0737. The Balaban J connectivity index is 2.52. The standard InChI is InChI=1S/C15H21N3O/c1-14(2,3)11-8-6-7-9-12(11)18-10-13(16-17-18)15(4,5)19/h6-10,19H,1-5H3. The zero-order chi connectivity index (χ0) is 14.3. The third kappa shape index (κ3) is 2.84. The molecule has 1 aromatic carbocycles. The number of para-hydroxylation sites is 1. The summed E-state index contributed by atoms with van der Waals surface area (Å²) < 4.78 is 1.73. The van der Waals surface area contributed by atoms with Crippen LogP contribution in [-0.4, -0.2) is 20.1 Å². The number of rotatable bonds is 2. The number of hydrogen-bond acceptors (Lipinski definition) is 3. The van der Waals surface area contributed by atoms with Gasteiger partial charge in [0.05, 0.1) is 11.9 Å². The summed E-state index contributed by atoms with van der Waals surface area (Å²) in [7, 11) is 0. The average molecular weight is 259 g/mol. The van der Waals surface area contributed by atoms with E-state index in [-0.39, 0.29) is 5.41 Å². The molecule has 1 N–H and O–H groups in total. The number of nitrogens with zero attached hydrogens (tertiary/aromatic N) is 3. The van der Waals surface area contributed by atoms with Crippen molar-refractivity contribution in [3.05, 3.63) is 41.7 Å². The Morgan fingerprint density at radius 2 is 1.68 bits per heavy atom. The van der Waals surface area contributed by atoms with Crippen LogP contribution in [0.4, 0.5) is 0 Å². The van der Waals surface area contributed by atoms with E-state index in [2.05, 4.69) is 37.1 Å². The predicted octanol–water partition coefficient (Wildman–Crippen LogP) is 2.79. The van der Waals surface area contributed by atoms with E-state index < -0.39 is 5.60 Å². The van der Waals surface area contributed by atoms with Crippen LogP contribution in [0.2, 0.25) is 0 Å². The Hall–Kier alpha value is -1.68. The van der Waals surface area contributed by atoms with Crippen molar-refractivity contribution >= 4 is 0 Å². The lowest BCUT2D eigenvalue weighted by atomic mass is 9.86. The Labute approximate surface area is 114 Å². The first-order chi connectivity index (χ1) is 8.69. The second kappa shape index (κ2) is 4.46. The lowest BCUT2D eigenvalue weighted by Gasteiger charge is -2.22. The van der Waals surface area contributed by atoms with Gasteiger partial charge in [-0.15, -0.1) is 5.10 Å². The fourth-order valence-electron chi connectivity index (χ4n) is 1.97. The molecule has 0 atom stereocenters. The molecule has 2 rings (SSSR count). The molecule has 0 saturated carbocycles. The van der Waals surface area contributed by atoms with Crippen LogP contribution in [0.25, 0.3) is 5.69 Å². The summed E-state index contributed by atoms with van der Waals surface area (Å²) in [6.07, 6.45) is 1.78. The molecule has 0 spiro atoms. The Morgan fingerprint density at radius 3 is 2.21 bits per heavy atom. The summed E-state index contributed by atoms with van der Waals surface area (Å²) in [5.74, 6) is 0. The van der Waals surface area contributed by atoms with Gasteiger partial charge in [-0.1, -0.05) is 44.2 Å². The largest absolute Gasteiger partial charge is 0.384 e. The first-order valence-electron chi connectivity index (χ1n) is 6.45. The number of hydrogen-bond donors (Lipinski definition) is 1. The molecule has 0 aliphatic carbocycles. The van der Waals surface area contributed by atoms with Gasteiger partial charge < -0.3 is 5.11 Å². The van der Waals surface area contributed by atoms with E-state index in [9.17, 15) is 5.11 Å². The number of benzene rings is 1. The molecule has 0 radical (unpaired) electrons. The first kappa shape index (κ1) is 13.7. The van der Waals surface area contributed by atoms with Gasteiger partial charge in [0.2, 0.25) is 0 Å². The quantitative estimate of drug-likeness (QED) is 0.902. The van der Waals surface area contributed by atoms with Crippen molar-refractivity contribution in [1.29, 1.82) is 0 Å². The normalized spacial score (nSPS) is 12.7. The fraction of sp³-hybridized carbons (Fsp3) is 0.467. The molecule has 0 unspecified atom stereocenters. The monoisotopic (exact) mass is 259 g/mol. The highest BCUT2D eigenvalue weighted by molar-refractivity contribution is 5.44. The maximum atomic E-state index is 9.96. The highest BCUT2D eigenvalue weighted by Crippen LogP contribution is 2.28. The van der Waals surface area contributed by atoms with Crippen molar-refractivity contribution in [1.82, 2.24) is 15.0 Å². The molecule has 1 heterocycles. The van der Waals surface area contributed by atoms with Gasteiger partial charge in [0.15, 0.2) is 0 Å². The van der Waals surface area contributed by atoms with Gasteiger partial charge in [-0.3, -0.25) is 0 Å². The van der Waals surface area contributed by atoms with Crippen LogP contribution in [0.3, 0.4) is 0 Å². The van der Waals surface area contributed by atoms with Gasteiger partial charge in [0, 0.05) is 0 Å². The molecule has 4 nitrogen and oxygen atoms in total. The molecule has 2 aromatic rings. The van der Waals surface area contributed by atoms with Crippen LogP contribution in [0, 0.1) is 0 Å². The highest BCUT2D eigenvalue weighted by Gasteiger charge is 2.23. The van der Waals surface area contributed by atoms with Gasteiger partial charge in [0.25, 0.3) is 0 Å². The number of aromatic nitrogens is 3. The van der Waals surface area contributed by atoms with Crippen LogP contribution in [0.1, 0.15) is 45.9 Å². The van der Waals surface area contributed by atoms with Gasteiger partial charge in [-0.25, -0.2) is 4.68 Å². The molecular formula is C15H21N3O. The molecule has 102 valence electrons. The van der Waals surface area contributed by atoms with Gasteiger partial charge in [-0.05, 0) is 30.9 Å². The molecule has 4 heteroatoms. The molecule has 19 heavy (non-hydrogen) atoms. The maximum absolute atomic E-state index is 9.96. The van der Waals surface area contributed by atoms with E-state index in [1.54, 1.807) is 24.7 Å². The summed E-state index contributed by atoms with van der Waals surface area (Å²) >= 11 is 0. The van der Waals surface area contributed by atoms with Crippen LogP contribution < -0.4 is 0 Å². The molecule has 0 saturated heterocycles. The van der Waals surface area contributed by atoms with E-state index in [4.69, 9.17) is 0 Å². The highest BCUT2D eigenvalue weighted by atomic mass is 16.3. The summed E-state index contributed by atoms with van der Waals surface area (Å²) in [5, 5.41) is 18.1. The third-order valence-electron chi connectivity index (χ3n) is 3.08. The molecule has 0 aliphatic heterocycles. The predicted molar refractivity (Wildman–Crippen MR) is 75.3 cm³/mol. The van der Waals surface area contributed by atoms with Crippen molar-refractivity contribution in [2.45, 2.75) is 45.6 Å². The van der Waals surface area contributed by atoms with E-state index in [0.717, 1.165) is 5.69 Å². The van der Waals surface area contributed by atoms with E-state index in [0.29, 0.717) is 5.69 Å². The molecule has 0 aliphatic rings. The first-order valence-corrected chi connectivity index (χ1v) is 6.45.